The molecule has 0 bridgehead atoms. The number of nitrogens with zero attached hydrogens (tertiary/aromatic N) is 4. The Kier molecular flexibility index (Phi) is 7.09. The molecule has 35 heavy (non-hydrogen) atoms. The highest BCUT2D eigenvalue weighted by Crippen LogP contribution is 2.39. The molecule has 2 aliphatic heterocycles. The van der Waals surface area contributed by atoms with Crippen LogP contribution in [0.4, 0.5) is 29.2 Å². The van der Waals surface area contributed by atoms with Crippen molar-refractivity contribution in [1.82, 2.24) is 14.3 Å². The summed E-state index contributed by atoms with van der Waals surface area (Å²) in [7, 11) is -3.79. The molecular weight excluding hydrogens is 490 g/mol. The van der Waals surface area contributed by atoms with Gasteiger partial charge in [0.2, 0.25) is 16.4 Å². The van der Waals surface area contributed by atoms with Crippen LogP contribution in [-0.2, 0) is 16.4 Å². The monoisotopic (exact) mass is 517 g/mol. The van der Waals surface area contributed by atoms with E-state index < -0.39 is 46.6 Å². The molecule has 192 valence electrons. The fraction of sp³-hybridized carbons (Fsp3) is 0.545. The molecule has 1 aromatic carbocycles. The summed E-state index contributed by atoms with van der Waals surface area (Å²) in [6, 6.07) is 1.39. The third-order valence-electron chi connectivity index (χ3n) is 6.27. The highest BCUT2D eigenvalue weighted by atomic mass is 32.2. The third-order valence-corrected chi connectivity index (χ3v) is 7.65. The Balaban J connectivity index is 1.56. The molecule has 0 radical (unpaired) electrons. The number of ether oxygens (including phenoxy) is 1. The molecule has 0 aliphatic carbocycles. The molecule has 2 atom stereocenters. The number of halogens is 4. The Morgan fingerprint density at radius 2 is 1.89 bits per heavy atom. The van der Waals surface area contributed by atoms with Crippen molar-refractivity contribution in [3.63, 3.8) is 0 Å². The number of hydrogen-bond donors (Lipinski definition) is 1. The lowest BCUT2D eigenvalue weighted by atomic mass is 9.97. The van der Waals surface area contributed by atoms with Crippen molar-refractivity contribution < 1.29 is 30.7 Å². The predicted octanol–water partition coefficient (Wildman–Crippen LogP) is 3.29. The van der Waals surface area contributed by atoms with Gasteiger partial charge in [-0.15, -0.1) is 0 Å². The minimum Gasteiger partial charge on any atom is -0.487 e. The van der Waals surface area contributed by atoms with Crippen molar-refractivity contribution in [2.45, 2.75) is 57.2 Å². The van der Waals surface area contributed by atoms with Gasteiger partial charge in [-0.25, -0.2) is 35.9 Å². The van der Waals surface area contributed by atoms with Crippen LogP contribution in [0.1, 0.15) is 43.6 Å². The van der Waals surface area contributed by atoms with E-state index in [1.165, 1.54) is 6.07 Å². The Labute approximate surface area is 201 Å². The van der Waals surface area contributed by atoms with Crippen molar-refractivity contribution in [3.8, 4) is 5.75 Å². The molecule has 13 heteroatoms. The predicted molar refractivity (Wildman–Crippen MR) is 122 cm³/mol. The van der Waals surface area contributed by atoms with Crippen LogP contribution < -0.4 is 15.4 Å². The van der Waals surface area contributed by atoms with Gasteiger partial charge in [-0.1, -0.05) is 0 Å². The van der Waals surface area contributed by atoms with E-state index in [0.717, 1.165) is 22.7 Å². The number of nitrogen functional groups attached to an aromatic ring is 1. The van der Waals surface area contributed by atoms with Gasteiger partial charge in [0.1, 0.15) is 11.9 Å². The van der Waals surface area contributed by atoms with Crippen molar-refractivity contribution >= 4 is 21.7 Å². The lowest BCUT2D eigenvalue weighted by Crippen LogP contribution is -2.47. The third kappa shape index (κ3) is 5.45. The standard InChI is InChI=1S/C22H27F4N5O3S/c1-12-9-16-20(17(11-19(25)26)31(12)35(2,32)33)29-22(21(27)28-16)30-7-5-14(6-8-30)34-18-4-3-13(23)10-15(18)24/h3-4,10,12,14,17,19H,5-9,11H2,1-2H3,(H2,27,28). The molecule has 1 saturated heterocycles. The zero-order chi connectivity index (χ0) is 25.5. The Morgan fingerprint density at radius 3 is 2.49 bits per heavy atom. The van der Waals surface area contributed by atoms with Crippen LogP contribution in [0.5, 0.6) is 5.75 Å². The van der Waals surface area contributed by atoms with E-state index >= 15 is 0 Å². The number of fused-ring (bicyclic) bond motifs is 1. The fourth-order valence-electron chi connectivity index (χ4n) is 4.81. The minimum absolute atomic E-state index is 0.0391. The van der Waals surface area contributed by atoms with Gasteiger partial charge in [-0.3, -0.25) is 0 Å². The molecule has 0 spiro atoms. The second kappa shape index (κ2) is 9.76. The molecule has 2 aliphatic rings. The maximum atomic E-state index is 13.9. The number of benzene rings is 1. The molecule has 1 aromatic heterocycles. The quantitative estimate of drug-likeness (QED) is 0.587. The molecule has 2 aromatic rings. The summed E-state index contributed by atoms with van der Waals surface area (Å²) in [5, 5.41) is 0. The summed E-state index contributed by atoms with van der Waals surface area (Å²) in [6.07, 6.45) is -1.63. The van der Waals surface area contributed by atoms with Crippen LogP contribution in [0.3, 0.4) is 0 Å². The number of nitrogens with two attached hydrogens (primary N) is 1. The van der Waals surface area contributed by atoms with Gasteiger partial charge in [0.25, 0.3) is 0 Å². The van der Waals surface area contributed by atoms with Gasteiger partial charge in [0, 0.05) is 50.9 Å². The number of sulfonamides is 1. The number of piperidine rings is 1. The number of hydrogen-bond acceptors (Lipinski definition) is 7. The fourth-order valence-corrected chi connectivity index (χ4v) is 6.19. The molecule has 2 unspecified atom stereocenters. The molecule has 0 amide bonds. The summed E-state index contributed by atoms with van der Waals surface area (Å²) in [6.45, 7) is 2.47. The lowest BCUT2D eigenvalue weighted by molar-refractivity contribution is 0.0917. The van der Waals surface area contributed by atoms with Crippen LogP contribution in [0.2, 0.25) is 0 Å². The zero-order valence-electron chi connectivity index (χ0n) is 19.3. The number of aromatic nitrogens is 2. The van der Waals surface area contributed by atoms with Gasteiger partial charge in [0.05, 0.1) is 23.7 Å². The number of anilines is 2. The molecule has 8 nitrogen and oxygen atoms in total. The zero-order valence-corrected chi connectivity index (χ0v) is 20.1. The molecule has 0 saturated carbocycles. The molecular formula is C22H27F4N5O3S. The van der Waals surface area contributed by atoms with Crippen molar-refractivity contribution in [1.29, 1.82) is 0 Å². The second-order valence-corrected chi connectivity index (χ2v) is 10.8. The lowest BCUT2D eigenvalue weighted by Gasteiger charge is -2.40. The summed E-state index contributed by atoms with van der Waals surface area (Å²) >= 11 is 0. The van der Waals surface area contributed by atoms with E-state index in [1.807, 2.05) is 4.90 Å². The highest BCUT2D eigenvalue weighted by molar-refractivity contribution is 7.88. The topological polar surface area (TPSA) is 102 Å². The number of alkyl halides is 2. The summed E-state index contributed by atoms with van der Waals surface area (Å²) < 4.78 is 85.5. The van der Waals surface area contributed by atoms with Gasteiger partial charge < -0.3 is 15.4 Å². The average Bonchev–Trinajstić information content (AvgIpc) is 2.74. The van der Waals surface area contributed by atoms with E-state index in [2.05, 4.69) is 9.97 Å². The van der Waals surface area contributed by atoms with E-state index in [4.69, 9.17) is 10.5 Å². The first-order chi connectivity index (χ1) is 16.4. The smallest absolute Gasteiger partial charge is 0.240 e. The van der Waals surface area contributed by atoms with Crippen LogP contribution in [0.25, 0.3) is 0 Å². The number of rotatable bonds is 6. The SMILES string of the molecule is CC1Cc2nc(N)c(N3CCC(Oc4ccc(F)cc4F)CC3)nc2C(CC(F)F)N1S(C)(=O)=O. The molecule has 1 fully saturated rings. The minimum atomic E-state index is -3.79. The Hall–Kier alpha value is -2.67. The van der Waals surface area contributed by atoms with Crippen LogP contribution in [0.15, 0.2) is 18.2 Å². The van der Waals surface area contributed by atoms with Crippen LogP contribution in [-0.4, -0.2) is 60.6 Å². The first-order valence-corrected chi connectivity index (χ1v) is 13.1. The molecule has 3 heterocycles. The maximum Gasteiger partial charge on any atom is 0.240 e. The van der Waals surface area contributed by atoms with Gasteiger partial charge in [-0.05, 0) is 19.1 Å². The Morgan fingerprint density at radius 1 is 1.20 bits per heavy atom. The first kappa shape index (κ1) is 25.4. The summed E-state index contributed by atoms with van der Waals surface area (Å²) in [5.41, 5.74) is 6.77. The highest BCUT2D eigenvalue weighted by Gasteiger charge is 2.41. The summed E-state index contributed by atoms with van der Waals surface area (Å²) in [5.74, 6) is -1.10. The summed E-state index contributed by atoms with van der Waals surface area (Å²) in [4.78, 5) is 10.8. The van der Waals surface area contributed by atoms with E-state index in [0.29, 0.717) is 31.6 Å². The van der Waals surface area contributed by atoms with Gasteiger partial charge in [0.15, 0.2) is 23.2 Å². The van der Waals surface area contributed by atoms with E-state index in [-0.39, 0.29) is 35.6 Å². The maximum absolute atomic E-state index is 13.9. The van der Waals surface area contributed by atoms with Crippen molar-refractivity contribution in [3.05, 3.63) is 41.2 Å². The normalized spacial score (nSPS) is 21.9. The van der Waals surface area contributed by atoms with Gasteiger partial charge >= 0.3 is 0 Å². The van der Waals surface area contributed by atoms with Crippen LogP contribution in [0, 0.1) is 11.6 Å². The van der Waals surface area contributed by atoms with Crippen molar-refractivity contribution in [2.75, 3.05) is 30.0 Å². The van der Waals surface area contributed by atoms with E-state index in [1.54, 1.807) is 6.92 Å². The molecule has 4 rings (SSSR count). The van der Waals surface area contributed by atoms with Crippen LogP contribution >= 0.6 is 0 Å². The first-order valence-electron chi connectivity index (χ1n) is 11.2. The van der Waals surface area contributed by atoms with E-state index in [9.17, 15) is 26.0 Å². The Bertz CT molecular complexity index is 1190. The molecule has 2 N–H and O–H groups in total. The van der Waals surface area contributed by atoms with Gasteiger partial charge in [-0.2, -0.15) is 4.31 Å². The second-order valence-electron chi connectivity index (χ2n) is 8.93. The van der Waals surface area contributed by atoms with Crippen molar-refractivity contribution in [2.24, 2.45) is 0 Å². The largest absolute Gasteiger partial charge is 0.487 e. The average molecular weight is 518 g/mol.